The average Bonchev–Trinajstić information content (AvgIpc) is 2.65. The standard InChI is InChI=1S/C12H14N2O2/c1-8(2)16-10-5-3-9(4-6-10)11-7-12(15)14-13-11/h3-6,8H,7H2,1-2H3,(H,14,15). The SMILES string of the molecule is CC(C)Oc1ccc(C2=NNC(=O)C2)cc1. The summed E-state index contributed by atoms with van der Waals surface area (Å²) in [6.45, 7) is 3.97. The van der Waals surface area contributed by atoms with Gasteiger partial charge in [0.05, 0.1) is 18.2 Å². The summed E-state index contributed by atoms with van der Waals surface area (Å²) in [4.78, 5) is 11.0. The fraction of sp³-hybridized carbons (Fsp3) is 0.333. The normalized spacial score (nSPS) is 14.9. The molecule has 4 heteroatoms. The molecular weight excluding hydrogens is 204 g/mol. The Morgan fingerprint density at radius 2 is 2.00 bits per heavy atom. The van der Waals surface area contributed by atoms with Gasteiger partial charge in [0.1, 0.15) is 5.75 Å². The maximum absolute atomic E-state index is 11.0. The van der Waals surface area contributed by atoms with Gasteiger partial charge in [-0.1, -0.05) is 0 Å². The Hall–Kier alpha value is -1.84. The van der Waals surface area contributed by atoms with Crippen LogP contribution in [0.2, 0.25) is 0 Å². The van der Waals surface area contributed by atoms with Crippen LogP contribution in [-0.2, 0) is 4.79 Å². The topological polar surface area (TPSA) is 50.7 Å². The highest BCUT2D eigenvalue weighted by molar-refractivity contribution is 6.13. The number of rotatable bonds is 3. The van der Waals surface area contributed by atoms with Gasteiger partial charge in [-0.3, -0.25) is 4.79 Å². The molecule has 0 saturated heterocycles. The summed E-state index contributed by atoms with van der Waals surface area (Å²) in [7, 11) is 0. The van der Waals surface area contributed by atoms with Crippen molar-refractivity contribution in [3.05, 3.63) is 29.8 Å². The van der Waals surface area contributed by atoms with E-state index in [1.165, 1.54) is 0 Å². The minimum absolute atomic E-state index is 0.0579. The molecule has 1 aliphatic rings. The van der Waals surface area contributed by atoms with Crippen LogP contribution in [0.4, 0.5) is 0 Å². The van der Waals surface area contributed by atoms with Crippen molar-refractivity contribution in [2.75, 3.05) is 0 Å². The van der Waals surface area contributed by atoms with Crippen LogP contribution >= 0.6 is 0 Å². The molecule has 0 radical (unpaired) electrons. The van der Waals surface area contributed by atoms with E-state index in [1.54, 1.807) is 0 Å². The average molecular weight is 218 g/mol. The number of carbonyl (C=O) groups is 1. The summed E-state index contributed by atoms with van der Waals surface area (Å²) in [6, 6.07) is 7.61. The summed E-state index contributed by atoms with van der Waals surface area (Å²) < 4.78 is 5.53. The smallest absolute Gasteiger partial charge is 0.246 e. The third-order valence-electron chi connectivity index (χ3n) is 2.20. The second-order valence-corrected chi connectivity index (χ2v) is 3.96. The largest absolute Gasteiger partial charge is 0.491 e. The lowest BCUT2D eigenvalue weighted by Gasteiger charge is -2.09. The van der Waals surface area contributed by atoms with E-state index in [0.717, 1.165) is 17.0 Å². The van der Waals surface area contributed by atoms with Gasteiger partial charge in [0.2, 0.25) is 5.91 Å². The number of hydrogen-bond acceptors (Lipinski definition) is 3. The van der Waals surface area contributed by atoms with Crippen LogP contribution < -0.4 is 10.2 Å². The molecule has 1 aromatic rings. The first-order valence-corrected chi connectivity index (χ1v) is 5.27. The Morgan fingerprint density at radius 1 is 1.31 bits per heavy atom. The Bertz CT molecular complexity index is 421. The van der Waals surface area contributed by atoms with Crippen LogP contribution in [0, 0.1) is 0 Å². The van der Waals surface area contributed by atoms with E-state index in [9.17, 15) is 4.79 Å². The number of ether oxygens (including phenoxy) is 1. The molecule has 0 bridgehead atoms. The van der Waals surface area contributed by atoms with Gasteiger partial charge in [-0.2, -0.15) is 5.10 Å². The summed E-state index contributed by atoms with van der Waals surface area (Å²) in [5.74, 6) is 0.772. The first kappa shape index (κ1) is 10.7. The van der Waals surface area contributed by atoms with Gasteiger partial charge in [-0.25, -0.2) is 5.43 Å². The van der Waals surface area contributed by atoms with E-state index in [0.29, 0.717) is 6.42 Å². The van der Waals surface area contributed by atoms with E-state index >= 15 is 0 Å². The minimum atomic E-state index is -0.0579. The van der Waals surface area contributed by atoms with E-state index in [4.69, 9.17) is 4.74 Å². The number of amides is 1. The zero-order chi connectivity index (χ0) is 11.5. The van der Waals surface area contributed by atoms with Crippen molar-refractivity contribution in [2.24, 2.45) is 5.10 Å². The van der Waals surface area contributed by atoms with Crippen molar-refractivity contribution in [1.29, 1.82) is 0 Å². The maximum atomic E-state index is 11.0. The Morgan fingerprint density at radius 3 is 2.50 bits per heavy atom. The number of hydrogen-bond donors (Lipinski definition) is 1. The fourth-order valence-corrected chi connectivity index (χ4v) is 1.53. The monoisotopic (exact) mass is 218 g/mol. The van der Waals surface area contributed by atoms with Gasteiger partial charge < -0.3 is 4.74 Å². The number of benzene rings is 1. The lowest BCUT2D eigenvalue weighted by molar-refractivity contribution is -0.119. The molecule has 1 N–H and O–H groups in total. The molecule has 0 fully saturated rings. The van der Waals surface area contributed by atoms with Gasteiger partial charge in [-0.05, 0) is 43.7 Å². The van der Waals surface area contributed by atoms with Crippen molar-refractivity contribution in [1.82, 2.24) is 5.43 Å². The minimum Gasteiger partial charge on any atom is -0.491 e. The highest BCUT2D eigenvalue weighted by atomic mass is 16.5. The molecule has 16 heavy (non-hydrogen) atoms. The van der Waals surface area contributed by atoms with Crippen LogP contribution in [0.5, 0.6) is 5.75 Å². The fourth-order valence-electron chi connectivity index (χ4n) is 1.53. The summed E-state index contributed by atoms with van der Waals surface area (Å²) in [5, 5.41) is 3.95. The molecule has 0 aliphatic carbocycles. The molecule has 1 amide bonds. The van der Waals surface area contributed by atoms with E-state index < -0.39 is 0 Å². The molecule has 0 atom stereocenters. The van der Waals surface area contributed by atoms with Gasteiger partial charge in [0, 0.05) is 0 Å². The predicted molar refractivity (Wildman–Crippen MR) is 61.5 cm³/mol. The van der Waals surface area contributed by atoms with Gasteiger partial charge >= 0.3 is 0 Å². The third-order valence-corrected chi connectivity index (χ3v) is 2.20. The molecule has 1 heterocycles. The lowest BCUT2D eigenvalue weighted by atomic mass is 10.1. The van der Waals surface area contributed by atoms with Gasteiger partial charge in [0.25, 0.3) is 0 Å². The molecule has 1 aliphatic heterocycles. The predicted octanol–water partition coefficient (Wildman–Crippen LogP) is 1.70. The quantitative estimate of drug-likeness (QED) is 0.839. The first-order chi connectivity index (χ1) is 7.65. The van der Waals surface area contributed by atoms with Crippen molar-refractivity contribution in [3.8, 4) is 5.75 Å². The molecule has 0 unspecified atom stereocenters. The maximum Gasteiger partial charge on any atom is 0.246 e. The second-order valence-electron chi connectivity index (χ2n) is 3.96. The zero-order valence-corrected chi connectivity index (χ0v) is 9.36. The molecular formula is C12H14N2O2. The van der Waals surface area contributed by atoms with Crippen LogP contribution in [0.3, 0.4) is 0 Å². The second kappa shape index (κ2) is 4.35. The lowest BCUT2D eigenvalue weighted by Crippen LogP contribution is -2.09. The Balaban J connectivity index is 2.10. The highest BCUT2D eigenvalue weighted by Crippen LogP contribution is 2.16. The van der Waals surface area contributed by atoms with Crippen molar-refractivity contribution < 1.29 is 9.53 Å². The molecule has 84 valence electrons. The van der Waals surface area contributed by atoms with Gasteiger partial charge in [-0.15, -0.1) is 0 Å². The molecule has 4 nitrogen and oxygen atoms in total. The van der Waals surface area contributed by atoms with Crippen LogP contribution in [-0.4, -0.2) is 17.7 Å². The number of nitrogens with one attached hydrogen (secondary N) is 1. The number of hydrazone groups is 1. The van der Waals surface area contributed by atoms with E-state index in [2.05, 4.69) is 10.5 Å². The third kappa shape index (κ3) is 2.39. The van der Waals surface area contributed by atoms with Crippen molar-refractivity contribution in [2.45, 2.75) is 26.4 Å². The molecule has 0 saturated carbocycles. The molecule has 1 aromatic carbocycles. The number of nitrogens with zero attached hydrogens (tertiary/aromatic N) is 1. The molecule has 0 aromatic heterocycles. The van der Waals surface area contributed by atoms with E-state index in [1.807, 2.05) is 38.1 Å². The summed E-state index contributed by atoms with van der Waals surface area (Å²) >= 11 is 0. The van der Waals surface area contributed by atoms with Crippen molar-refractivity contribution in [3.63, 3.8) is 0 Å². The molecule has 2 rings (SSSR count). The van der Waals surface area contributed by atoms with Crippen molar-refractivity contribution >= 4 is 11.6 Å². The Labute approximate surface area is 94.3 Å². The molecule has 0 spiro atoms. The van der Waals surface area contributed by atoms with Crippen LogP contribution in [0.25, 0.3) is 0 Å². The first-order valence-electron chi connectivity index (χ1n) is 5.27. The number of carbonyl (C=O) groups excluding carboxylic acids is 1. The highest BCUT2D eigenvalue weighted by Gasteiger charge is 2.15. The Kier molecular flexibility index (Phi) is 2.90. The van der Waals surface area contributed by atoms with Gasteiger partial charge in [0.15, 0.2) is 0 Å². The summed E-state index contributed by atoms with van der Waals surface area (Å²) in [5.41, 5.74) is 4.16. The van der Waals surface area contributed by atoms with E-state index in [-0.39, 0.29) is 12.0 Å². The summed E-state index contributed by atoms with van der Waals surface area (Å²) in [6.07, 6.45) is 0.516. The van der Waals surface area contributed by atoms with Crippen LogP contribution in [0.15, 0.2) is 29.4 Å². The zero-order valence-electron chi connectivity index (χ0n) is 9.36. The van der Waals surface area contributed by atoms with Crippen LogP contribution in [0.1, 0.15) is 25.8 Å².